The lowest BCUT2D eigenvalue weighted by atomic mass is 9.58. The van der Waals surface area contributed by atoms with Crippen molar-refractivity contribution in [2.24, 2.45) is 5.41 Å². The summed E-state index contributed by atoms with van der Waals surface area (Å²) in [6.45, 7) is 0. The number of rotatable bonds is 5. The van der Waals surface area contributed by atoms with E-state index in [4.69, 9.17) is 15.0 Å². The molecule has 1 saturated heterocycles. The van der Waals surface area contributed by atoms with E-state index in [1.807, 2.05) is 109 Å². The number of thioether (sulfide) groups is 1. The fourth-order valence-electron chi connectivity index (χ4n) is 8.42. The molecule has 0 amide bonds. The second kappa shape index (κ2) is 13.3. The Morgan fingerprint density at radius 2 is 0.887 bits per heavy atom. The topological polar surface area (TPSA) is 38.7 Å². The van der Waals surface area contributed by atoms with Gasteiger partial charge in [-0.15, -0.1) is 0 Å². The molecule has 0 N–H and O–H groups in total. The lowest BCUT2D eigenvalue weighted by Gasteiger charge is -2.48. The van der Waals surface area contributed by atoms with Crippen LogP contribution in [0.15, 0.2) is 152 Å². The van der Waals surface area contributed by atoms with Crippen molar-refractivity contribution in [2.75, 3.05) is 11.5 Å². The van der Waals surface area contributed by atoms with Gasteiger partial charge in [-0.2, -0.15) is 11.8 Å². The summed E-state index contributed by atoms with van der Waals surface area (Å²) in [5.74, 6) is 3.75. The molecule has 258 valence electrons. The second-order valence-electron chi connectivity index (χ2n) is 14.6. The predicted molar refractivity (Wildman–Crippen MR) is 221 cm³/mol. The summed E-state index contributed by atoms with van der Waals surface area (Å²) in [7, 11) is 0. The molecule has 10 rings (SSSR count). The van der Waals surface area contributed by atoms with Crippen LogP contribution in [0.2, 0.25) is 0 Å². The summed E-state index contributed by atoms with van der Waals surface area (Å²) >= 11 is 1.91. The minimum Gasteiger partial charge on any atom is -0.208 e. The van der Waals surface area contributed by atoms with Gasteiger partial charge in [0.15, 0.2) is 17.5 Å². The van der Waals surface area contributed by atoms with Gasteiger partial charge in [-0.25, -0.2) is 15.0 Å². The van der Waals surface area contributed by atoms with Crippen LogP contribution in [-0.2, 0) is 5.41 Å². The highest BCUT2D eigenvalue weighted by atomic mass is 32.2. The summed E-state index contributed by atoms with van der Waals surface area (Å²) in [5, 5.41) is 0. The van der Waals surface area contributed by atoms with Crippen LogP contribution in [0.3, 0.4) is 0 Å². The van der Waals surface area contributed by atoms with Crippen molar-refractivity contribution in [2.45, 2.75) is 43.8 Å². The summed E-state index contributed by atoms with van der Waals surface area (Å²) in [6, 6.07) is 50.9. The second-order valence-corrected chi connectivity index (χ2v) is 15.8. The van der Waals surface area contributed by atoms with Crippen molar-refractivity contribution in [3.05, 3.63) is 163 Å². The van der Waals surface area contributed by atoms with Crippen LogP contribution in [0.5, 0.6) is 0 Å². The number of hydrogen-bond acceptors (Lipinski definition) is 4. The molecule has 53 heavy (non-hydrogen) atoms. The molecule has 1 saturated carbocycles. The molecule has 1 aromatic heterocycles. The number of aromatic nitrogens is 3. The zero-order chi connectivity index (χ0) is 38.8. The molecular formula is C49H41N3S. The van der Waals surface area contributed by atoms with Crippen LogP contribution in [0.4, 0.5) is 0 Å². The highest BCUT2D eigenvalue weighted by Gasteiger charge is 2.49. The smallest absolute Gasteiger partial charge is 0.164 e. The molecule has 0 unspecified atom stereocenters. The monoisotopic (exact) mass is 707 g/mol. The van der Waals surface area contributed by atoms with Gasteiger partial charge < -0.3 is 0 Å². The molecule has 2 aliphatic carbocycles. The zero-order valence-electron chi connectivity index (χ0n) is 33.4. The van der Waals surface area contributed by atoms with Gasteiger partial charge in [-0.05, 0) is 118 Å². The molecule has 4 heteroatoms. The highest BCUT2D eigenvalue weighted by molar-refractivity contribution is 7.99. The Labute approximate surface area is 322 Å². The quantitative estimate of drug-likeness (QED) is 0.179. The van der Waals surface area contributed by atoms with Gasteiger partial charge in [0.2, 0.25) is 0 Å². The Hall–Kier alpha value is -5.32. The maximum Gasteiger partial charge on any atom is 0.164 e. The SMILES string of the molecule is [2H]C1([2H])CC2(CCSCC2)CC([2H])([2H])C12c1ccccc1-c1ccc(-c3cccc(-c4cccc(-c5nc(-c6ccccc6)nc(-c6ccccc6)n5)c4)c3)cc12. The van der Waals surface area contributed by atoms with Crippen LogP contribution >= 0.6 is 11.8 Å². The van der Waals surface area contributed by atoms with Gasteiger partial charge in [-0.3, -0.25) is 0 Å². The van der Waals surface area contributed by atoms with Crippen molar-refractivity contribution in [3.8, 4) is 67.5 Å². The van der Waals surface area contributed by atoms with Crippen molar-refractivity contribution in [1.82, 2.24) is 15.0 Å². The van der Waals surface area contributed by atoms with Gasteiger partial charge in [0.1, 0.15) is 0 Å². The molecule has 0 atom stereocenters. The summed E-state index contributed by atoms with van der Waals surface area (Å²) in [6.07, 6.45) is -1.13. The molecule has 0 bridgehead atoms. The normalized spacial score (nSPS) is 19.7. The summed E-state index contributed by atoms with van der Waals surface area (Å²) < 4.78 is 39.6. The lowest BCUT2D eigenvalue weighted by molar-refractivity contribution is 0.133. The first-order chi connectivity index (χ1) is 27.7. The van der Waals surface area contributed by atoms with Crippen molar-refractivity contribution >= 4 is 11.8 Å². The first kappa shape index (κ1) is 28.2. The molecule has 2 heterocycles. The highest BCUT2D eigenvalue weighted by Crippen LogP contribution is 2.61. The van der Waals surface area contributed by atoms with E-state index >= 15 is 0 Å². The van der Waals surface area contributed by atoms with E-state index in [-0.39, 0.29) is 5.41 Å². The van der Waals surface area contributed by atoms with Crippen LogP contribution in [0.1, 0.15) is 55.0 Å². The first-order valence-corrected chi connectivity index (χ1v) is 19.7. The molecule has 2 spiro atoms. The van der Waals surface area contributed by atoms with E-state index in [0.29, 0.717) is 30.3 Å². The number of nitrogens with zero attached hydrogens (tertiary/aromatic N) is 3. The maximum absolute atomic E-state index is 9.89. The van der Waals surface area contributed by atoms with E-state index < -0.39 is 18.2 Å². The predicted octanol–water partition coefficient (Wildman–Crippen LogP) is 12.6. The average Bonchev–Trinajstić information content (AvgIpc) is 3.56. The Bertz CT molecular complexity index is 2560. The number of benzene rings is 6. The number of hydrogen-bond donors (Lipinski definition) is 0. The van der Waals surface area contributed by atoms with Gasteiger partial charge in [-0.1, -0.05) is 133 Å². The summed E-state index contributed by atoms with van der Waals surface area (Å²) in [4.78, 5) is 14.8. The van der Waals surface area contributed by atoms with Crippen LogP contribution in [-0.4, -0.2) is 26.5 Å². The van der Waals surface area contributed by atoms with Crippen molar-refractivity contribution < 1.29 is 5.48 Å². The first-order valence-electron chi connectivity index (χ1n) is 20.6. The van der Waals surface area contributed by atoms with Gasteiger partial charge in [0.05, 0.1) is 0 Å². The van der Waals surface area contributed by atoms with E-state index in [1.165, 1.54) is 0 Å². The van der Waals surface area contributed by atoms with Crippen LogP contribution in [0, 0.1) is 5.41 Å². The lowest BCUT2D eigenvalue weighted by Crippen LogP contribution is -2.38. The minimum absolute atomic E-state index is 0.324. The Morgan fingerprint density at radius 1 is 0.415 bits per heavy atom. The largest absolute Gasteiger partial charge is 0.208 e. The van der Waals surface area contributed by atoms with Crippen LogP contribution < -0.4 is 0 Å². The molecule has 1 aliphatic heterocycles. The minimum atomic E-state index is -1.80. The van der Waals surface area contributed by atoms with E-state index in [9.17, 15) is 5.48 Å². The van der Waals surface area contributed by atoms with Crippen molar-refractivity contribution in [1.29, 1.82) is 0 Å². The zero-order valence-corrected chi connectivity index (χ0v) is 30.2. The van der Waals surface area contributed by atoms with Crippen LogP contribution in [0.25, 0.3) is 67.5 Å². The number of fused-ring (bicyclic) bond motifs is 5. The van der Waals surface area contributed by atoms with Gasteiger partial charge in [0.25, 0.3) is 0 Å². The fraction of sp³-hybridized carbons (Fsp3) is 0.204. The van der Waals surface area contributed by atoms with Gasteiger partial charge >= 0.3 is 0 Å². The third-order valence-electron chi connectivity index (χ3n) is 11.4. The summed E-state index contributed by atoms with van der Waals surface area (Å²) in [5.41, 5.74) is 8.35. The third-order valence-corrected chi connectivity index (χ3v) is 12.4. The third kappa shape index (κ3) is 5.81. The fourth-order valence-corrected chi connectivity index (χ4v) is 9.78. The Morgan fingerprint density at radius 3 is 1.51 bits per heavy atom. The van der Waals surface area contributed by atoms with Gasteiger partial charge in [0, 0.05) is 27.6 Å². The molecule has 3 nitrogen and oxygen atoms in total. The Balaban J connectivity index is 1.05. The molecule has 7 aromatic rings. The average molecular weight is 708 g/mol. The molecule has 0 radical (unpaired) electrons. The molecule has 2 fully saturated rings. The van der Waals surface area contributed by atoms with E-state index in [1.54, 1.807) is 0 Å². The van der Waals surface area contributed by atoms with E-state index in [0.717, 1.165) is 85.5 Å². The van der Waals surface area contributed by atoms with Crippen molar-refractivity contribution in [3.63, 3.8) is 0 Å². The molecular weight excluding hydrogens is 663 g/mol. The molecule has 3 aliphatic rings. The Kier molecular flexibility index (Phi) is 7.06. The van der Waals surface area contributed by atoms with E-state index in [2.05, 4.69) is 54.6 Å². The standard InChI is InChI=1S/C49H41N3S/c1-3-11-34(12-4-1)45-50-46(35-13-5-2-6-14-35)52-47(51-45)40-18-10-17-38(32-40)36-15-9-16-37(31-36)39-21-22-42-41-19-7-8-20-43(41)49(44(42)33-39)25-23-48(24-26-49)27-29-53-30-28-48/h1-22,31-33H,23-30H2/i25D2,26D2. The molecule has 6 aromatic carbocycles. The maximum atomic E-state index is 9.89.